The Labute approximate surface area is 148 Å². The van der Waals surface area contributed by atoms with E-state index in [2.05, 4.69) is 10.2 Å². The van der Waals surface area contributed by atoms with Crippen molar-refractivity contribution in [1.29, 1.82) is 0 Å². The van der Waals surface area contributed by atoms with Crippen molar-refractivity contribution in [3.8, 4) is 11.5 Å². The Hall–Kier alpha value is -3.36. The van der Waals surface area contributed by atoms with Gasteiger partial charge in [0.1, 0.15) is 11.5 Å². The standard InChI is InChI=1S/C18H16N2O6/c21-7-13-1-11(2-14(8-22)17(13)25)5-19-20-6-12-3-15(9-23)18(26)16(4-12)10-24/h1-8,23-26H,9-10H2. The Kier molecular flexibility index (Phi) is 6.31. The largest absolute Gasteiger partial charge is 0.507 e. The van der Waals surface area contributed by atoms with Gasteiger partial charge in [0.25, 0.3) is 0 Å². The number of rotatable bonds is 7. The monoisotopic (exact) mass is 356 g/mol. The van der Waals surface area contributed by atoms with Gasteiger partial charge < -0.3 is 20.4 Å². The van der Waals surface area contributed by atoms with Crippen LogP contribution in [0.2, 0.25) is 0 Å². The maximum absolute atomic E-state index is 10.9. The fourth-order valence-electron chi connectivity index (χ4n) is 2.26. The lowest BCUT2D eigenvalue weighted by molar-refractivity contribution is 0.112. The van der Waals surface area contributed by atoms with Crippen molar-refractivity contribution in [3.05, 3.63) is 57.6 Å². The van der Waals surface area contributed by atoms with Crippen LogP contribution in [0.5, 0.6) is 11.5 Å². The number of aldehydes is 2. The van der Waals surface area contributed by atoms with Crippen LogP contribution in [0.25, 0.3) is 0 Å². The van der Waals surface area contributed by atoms with E-state index in [1.165, 1.54) is 36.7 Å². The molecule has 0 heterocycles. The first-order chi connectivity index (χ1) is 12.5. The summed E-state index contributed by atoms with van der Waals surface area (Å²) < 4.78 is 0. The summed E-state index contributed by atoms with van der Waals surface area (Å²) in [6, 6.07) is 5.68. The Bertz CT molecular complexity index is 835. The topological polar surface area (TPSA) is 140 Å². The van der Waals surface area contributed by atoms with Crippen molar-refractivity contribution >= 4 is 25.0 Å². The fraction of sp³-hybridized carbons (Fsp3) is 0.111. The summed E-state index contributed by atoms with van der Waals surface area (Å²) in [6.07, 6.45) is 3.48. The van der Waals surface area contributed by atoms with Gasteiger partial charge >= 0.3 is 0 Å². The molecule has 8 heteroatoms. The van der Waals surface area contributed by atoms with Gasteiger partial charge in [0.2, 0.25) is 0 Å². The van der Waals surface area contributed by atoms with E-state index >= 15 is 0 Å². The number of aliphatic hydroxyl groups excluding tert-OH is 2. The summed E-state index contributed by atoms with van der Waals surface area (Å²) in [7, 11) is 0. The van der Waals surface area contributed by atoms with Gasteiger partial charge in [-0.3, -0.25) is 9.59 Å². The van der Waals surface area contributed by atoms with Crippen molar-refractivity contribution in [2.45, 2.75) is 13.2 Å². The van der Waals surface area contributed by atoms with Crippen LogP contribution in [0, 0.1) is 0 Å². The highest BCUT2D eigenvalue weighted by atomic mass is 16.3. The Morgan fingerprint density at radius 3 is 1.54 bits per heavy atom. The van der Waals surface area contributed by atoms with E-state index in [4.69, 9.17) is 0 Å². The quantitative estimate of drug-likeness (QED) is 0.333. The molecule has 26 heavy (non-hydrogen) atoms. The third kappa shape index (κ3) is 4.18. The molecule has 0 atom stereocenters. The number of aromatic hydroxyl groups is 2. The van der Waals surface area contributed by atoms with Gasteiger partial charge in [-0.2, -0.15) is 10.2 Å². The summed E-state index contributed by atoms with van der Waals surface area (Å²) in [4.78, 5) is 21.8. The van der Waals surface area contributed by atoms with E-state index in [-0.39, 0.29) is 28.0 Å². The summed E-state index contributed by atoms with van der Waals surface area (Å²) in [5, 5.41) is 45.5. The second kappa shape index (κ2) is 8.65. The number of hydrogen-bond donors (Lipinski definition) is 4. The highest BCUT2D eigenvalue weighted by Crippen LogP contribution is 2.24. The number of aliphatic hydroxyl groups is 2. The Balaban J connectivity index is 2.26. The molecule has 0 aliphatic rings. The molecule has 0 fully saturated rings. The summed E-state index contributed by atoms with van der Waals surface area (Å²) in [5.74, 6) is -0.574. The molecule has 2 rings (SSSR count). The Morgan fingerprint density at radius 1 is 0.731 bits per heavy atom. The zero-order chi connectivity index (χ0) is 19.1. The number of phenolic OH excluding ortho intramolecular Hbond substituents is 1. The highest BCUT2D eigenvalue weighted by molar-refractivity contribution is 5.93. The summed E-state index contributed by atoms with van der Waals surface area (Å²) in [6.45, 7) is -0.805. The number of nitrogens with zero attached hydrogens (tertiary/aromatic N) is 2. The molecule has 0 bridgehead atoms. The third-order valence-corrected chi connectivity index (χ3v) is 3.56. The molecule has 0 aromatic heterocycles. The first kappa shape index (κ1) is 19.0. The molecule has 0 aliphatic heterocycles. The zero-order valence-corrected chi connectivity index (χ0v) is 13.5. The summed E-state index contributed by atoms with van der Waals surface area (Å²) >= 11 is 0. The second-order valence-corrected chi connectivity index (χ2v) is 5.28. The van der Waals surface area contributed by atoms with Gasteiger partial charge in [-0.15, -0.1) is 0 Å². The van der Waals surface area contributed by atoms with Crippen LogP contribution in [0.4, 0.5) is 0 Å². The maximum atomic E-state index is 10.9. The molecule has 0 amide bonds. The molecule has 0 aliphatic carbocycles. The lowest BCUT2D eigenvalue weighted by Gasteiger charge is -2.07. The van der Waals surface area contributed by atoms with Crippen LogP contribution in [0.3, 0.4) is 0 Å². The molecule has 0 spiro atoms. The van der Waals surface area contributed by atoms with E-state index in [1.807, 2.05) is 0 Å². The molecule has 2 aromatic carbocycles. The smallest absolute Gasteiger partial charge is 0.153 e. The maximum Gasteiger partial charge on any atom is 0.153 e. The molecule has 8 nitrogen and oxygen atoms in total. The highest BCUT2D eigenvalue weighted by Gasteiger charge is 2.09. The van der Waals surface area contributed by atoms with Crippen LogP contribution in [0.15, 0.2) is 34.5 Å². The molecule has 2 aromatic rings. The van der Waals surface area contributed by atoms with Gasteiger partial charge in [0.15, 0.2) is 12.6 Å². The Morgan fingerprint density at radius 2 is 1.15 bits per heavy atom. The van der Waals surface area contributed by atoms with E-state index in [0.29, 0.717) is 23.7 Å². The minimum Gasteiger partial charge on any atom is -0.507 e. The van der Waals surface area contributed by atoms with Crippen molar-refractivity contribution < 1.29 is 30.0 Å². The lowest BCUT2D eigenvalue weighted by Crippen LogP contribution is -1.95. The van der Waals surface area contributed by atoms with Gasteiger partial charge in [-0.25, -0.2) is 0 Å². The predicted octanol–water partition coefficient (Wildman–Crippen LogP) is 1.16. The van der Waals surface area contributed by atoms with Gasteiger partial charge in [0.05, 0.1) is 36.8 Å². The molecule has 0 saturated carbocycles. The van der Waals surface area contributed by atoms with Gasteiger partial charge in [-0.05, 0) is 35.4 Å². The summed E-state index contributed by atoms with van der Waals surface area (Å²) in [5.41, 5.74) is 1.29. The molecule has 0 radical (unpaired) electrons. The first-order valence-corrected chi connectivity index (χ1v) is 7.44. The molecular weight excluding hydrogens is 340 g/mol. The minimum atomic E-state index is -0.403. The average molecular weight is 356 g/mol. The van der Waals surface area contributed by atoms with E-state index in [0.717, 1.165) is 0 Å². The number of carbonyl (C=O) groups excluding carboxylic acids is 2. The van der Waals surface area contributed by atoms with Crippen LogP contribution in [0.1, 0.15) is 43.0 Å². The van der Waals surface area contributed by atoms with Crippen LogP contribution < -0.4 is 0 Å². The number of benzene rings is 2. The number of hydrogen-bond acceptors (Lipinski definition) is 8. The number of phenols is 2. The van der Waals surface area contributed by atoms with E-state index < -0.39 is 19.0 Å². The van der Waals surface area contributed by atoms with E-state index in [1.54, 1.807) is 0 Å². The average Bonchev–Trinajstić information content (AvgIpc) is 2.66. The minimum absolute atomic E-state index is 0.0428. The van der Waals surface area contributed by atoms with Crippen molar-refractivity contribution in [2.75, 3.05) is 0 Å². The normalized spacial score (nSPS) is 11.3. The first-order valence-electron chi connectivity index (χ1n) is 7.44. The van der Waals surface area contributed by atoms with Crippen LogP contribution in [-0.2, 0) is 13.2 Å². The fourth-order valence-corrected chi connectivity index (χ4v) is 2.26. The van der Waals surface area contributed by atoms with Crippen molar-refractivity contribution in [3.63, 3.8) is 0 Å². The molecular formula is C18H16N2O6. The number of carbonyl (C=O) groups is 2. The third-order valence-electron chi connectivity index (χ3n) is 3.56. The molecule has 4 N–H and O–H groups in total. The zero-order valence-electron chi connectivity index (χ0n) is 13.5. The SMILES string of the molecule is O=Cc1cc(C=NN=Cc2cc(CO)c(O)c(CO)c2)cc(C=O)c1O. The van der Waals surface area contributed by atoms with Crippen LogP contribution >= 0.6 is 0 Å². The second-order valence-electron chi connectivity index (χ2n) is 5.28. The molecule has 0 unspecified atom stereocenters. The van der Waals surface area contributed by atoms with Gasteiger partial charge in [0, 0.05) is 11.1 Å². The molecule has 0 saturated heterocycles. The van der Waals surface area contributed by atoms with Gasteiger partial charge in [-0.1, -0.05) is 0 Å². The van der Waals surface area contributed by atoms with Crippen LogP contribution in [-0.4, -0.2) is 45.4 Å². The van der Waals surface area contributed by atoms with Crippen molar-refractivity contribution in [2.24, 2.45) is 10.2 Å². The van der Waals surface area contributed by atoms with E-state index in [9.17, 15) is 30.0 Å². The van der Waals surface area contributed by atoms with Crippen molar-refractivity contribution in [1.82, 2.24) is 0 Å². The molecule has 134 valence electrons. The lowest BCUT2D eigenvalue weighted by atomic mass is 10.1. The predicted molar refractivity (Wildman–Crippen MR) is 94.0 cm³/mol.